The number of amides is 1. The smallest absolute Gasteiger partial charge is 0.339 e. The lowest BCUT2D eigenvalue weighted by Crippen LogP contribution is -2.21. The van der Waals surface area contributed by atoms with E-state index in [0.717, 1.165) is 4.90 Å². The summed E-state index contributed by atoms with van der Waals surface area (Å²) in [5.41, 5.74) is 0.867. The van der Waals surface area contributed by atoms with Crippen LogP contribution in [0.15, 0.2) is 64.3 Å². The molecule has 0 unspecified atom stereocenters. The highest BCUT2D eigenvalue weighted by Gasteiger charge is 2.15. The SMILES string of the molecule is CSc1ccc(NC(=O)COC(=O)c2cc(=O)[nH]c3ccccc23)cc1. The zero-order valence-corrected chi connectivity index (χ0v) is 14.8. The minimum Gasteiger partial charge on any atom is -0.452 e. The van der Waals surface area contributed by atoms with Crippen LogP contribution in [-0.2, 0) is 9.53 Å². The minimum atomic E-state index is -0.722. The van der Waals surface area contributed by atoms with E-state index in [9.17, 15) is 14.4 Å². The van der Waals surface area contributed by atoms with E-state index < -0.39 is 24.0 Å². The zero-order chi connectivity index (χ0) is 18.5. The van der Waals surface area contributed by atoms with Gasteiger partial charge >= 0.3 is 5.97 Å². The highest BCUT2D eigenvalue weighted by molar-refractivity contribution is 7.98. The van der Waals surface area contributed by atoms with Gasteiger partial charge in [-0.2, -0.15) is 0 Å². The molecule has 0 bridgehead atoms. The van der Waals surface area contributed by atoms with Crippen molar-refractivity contribution < 1.29 is 14.3 Å². The summed E-state index contributed by atoms with van der Waals surface area (Å²) in [6.07, 6.45) is 1.96. The van der Waals surface area contributed by atoms with Crippen LogP contribution in [0, 0.1) is 0 Å². The van der Waals surface area contributed by atoms with Crippen molar-refractivity contribution in [1.29, 1.82) is 0 Å². The largest absolute Gasteiger partial charge is 0.452 e. The quantitative estimate of drug-likeness (QED) is 0.534. The molecule has 2 aromatic carbocycles. The maximum atomic E-state index is 12.3. The van der Waals surface area contributed by atoms with E-state index in [1.165, 1.54) is 6.07 Å². The number of carbonyl (C=O) groups is 2. The Kier molecular flexibility index (Phi) is 5.38. The molecule has 132 valence electrons. The average molecular weight is 368 g/mol. The van der Waals surface area contributed by atoms with Crippen LogP contribution in [0.25, 0.3) is 10.9 Å². The number of benzene rings is 2. The van der Waals surface area contributed by atoms with E-state index in [4.69, 9.17) is 4.74 Å². The van der Waals surface area contributed by atoms with Crippen LogP contribution in [0.5, 0.6) is 0 Å². The summed E-state index contributed by atoms with van der Waals surface area (Å²) in [6.45, 7) is -0.440. The molecule has 3 rings (SSSR count). The maximum Gasteiger partial charge on any atom is 0.339 e. The van der Waals surface area contributed by atoms with Crippen molar-refractivity contribution in [1.82, 2.24) is 4.98 Å². The second-order valence-corrected chi connectivity index (χ2v) is 6.33. The summed E-state index contributed by atoms with van der Waals surface area (Å²) >= 11 is 1.60. The molecule has 0 aliphatic rings. The van der Waals surface area contributed by atoms with E-state index in [-0.39, 0.29) is 5.56 Å². The number of nitrogens with one attached hydrogen (secondary N) is 2. The van der Waals surface area contributed by atoms with Gasteiger partial charge in [0, 0.05) is 27.6 Å². The molecule has 0 aliphatic heterocycles. The Hall–Kier alpha value is -3.06. The van der Waals surface area contributed by atoms with E-state index in [1.54, 1.807) is 48.2 Å². The van der Waals surface area contributed by atoms with Crippen LogP contribution in [0.1, 0.15) is 10.4 Å². The van der Waals surface area contributed by atoms with Crippen LogP contribution >= 0.6 is 11.8 Å². The molecule has 0 radical (unpaired) electrons. The monoisotopic (exact) mass is 368 g/mol. The number of pyridine rings is 1. The number of hydrogen-bond donors (Lipinski definition) is 2. The third-order valence-corrected chi connectivity index (χ3v) is 4.42. The first-order valence-electron chi connectivity index (χ1n) is 7.80. The van der Waals surface area contributed by atoms with Gasteiger partial charge in [-0.1, -0.05) is 18.2 Å². The first-order valence-corrected chi connectivity index (χ1v) is 9.02. The molecule has 0 aliphatic carbocycles. The molecule has 1 amide bonds. The van der Waals surface area contributed by atoms with Crippen LogP contribution in [0.3, 0.4) is 0 Å². The third kappa shape index (κ3) is 4.12. The number of rotatable bonds is 5. The summed E-state index contributed by atoms with van der Waals surface area (Å²) in [5, 5.41) is 3.22. The number of H-pyrrole nitrogens is 1. The van der Waals surface area contributed by atoms with Crippen LogP contribution in [0.4, 0.5) is 5.69 Å². The zero-order valence-electron chi connectivity index (χ0n) is 13.9. The van der Waals surface area contributed by atoms with Gasteiger partial charge in [-0.05, 0) is 36.6 Å². The Balaban J connectivity index is 1.67. The van der Waals surface area contributed by atoms with Gasteiger partial charge in [-0.25, -0.2) is 4.79 Å². The van der Waals surface area contributed by atoms with Gasteiger partial charge < -0.3 is 15.0 Å². The van der Waals surface area contributed by atoms with Crippen molar-refractivity contribution in [2.45, 2.75) is 4.90 Å². The van der Waals surface area contributed by atoms with Gasteiger partial charge in [0.2, 0.25) is 5.56 Å². The Morgan fingerprint density at radius 2 is 1.85 bits per heavy atom. The molecular weight excluding hydrogens is 352 g/mol. The lowest BCUT2D eigenvalue weighted by atomic mass is 10.1. The molecule has 7 heteroatoms. The molecule has 0 saturated heterocycles. The number of esters is 1. The third-order valence-electron chi connectivity index (χ3n) is 3.68. The van der Waals surface area contributed by atoms with Crippen LogP contribution < -0.4 is 10.9 Å². The summed E-state index contributed by atoms with van der Waals surface area (Å²) in [5.74, 6) is -1.18. The molecule has 1 heterocycles. The summed E-state index contributed by atoms with van der Waals surface area (Å²) in [6, 6.07) is 15.4. The molecule has 2 N–H and O–H groups in total. The number of ether oxygens (including phenoxy) is 1. The van der Waals surface area contributed by atoms with Gasteiger partial charge in [0.25, 0.3) is 5.91 Å². The summed E-state index contributed by atoms with van der Waals surface area (Å²) < 4.78 is 5.06. The predicted octanol–water partition coefficient (Wildman–Crippen LogP) is 3.05. The molecule has 1 aromatic heterocycles. The van der Waals surface area contributed by atoms with Crippen LogP contribution in [0.2, 0.25) is 0 Å². The average Bonchev–Trinajstić information content (AvgIpc) is 2.66. The standard InChI is InChI=1S/C19H16N2O4S/c1-26-13-8-6-12(7-9-13)20-18(23)11-25-19(24)15-10-17(22)21-16-5-3-2-4-14(15)16/h2-10H,11H2,1H3,(H,20,23)(H,21,22). The number of aromatic nitrogens is 1. The van der Waals surface area contributed by atoms with Crippen molar-refractivity contribution in [2.24, 2.45) is 0 Å². The lowest BCUT2D eigenvalue weighted by Gasteiger charge is -2.08. The topological polar surface area (TPSA) is 88.3 Å². The van der Waals surface area contributed by atoms with Crippen molar-refractivity contribution in [3.63, 3.8) is 0 Å². The Bertz CT molecular complexity index is 1010. The number of fused-ring (bicyclic) bond motifs is 1. The second kappa shape index (κ2) is 7.88. The number of anilines is 1. The van der Waals surface area contributed by atoms with E-state index in [0.29, 0.717) is 16.6 Å². The van der Waals surface area contributed by atoms with Gasteiger partial charge in [-0.3, -0.25) is 9.59 Å². The van der Waals surface area contributed by atoms with Crippen molar-refractivity contribution in [2.75, 3.05) is 18.2 Å². The minimum absolute atomic E-state index is 0.126. The number of para-hydroxylation sites is 1. The highest BCUT2D eigenvalue weighted by Crippen LogP contribution is 2.18. The van der Waals surface area contributed by atoms with E-state index >= 15 is 0 Å². The maximum absolute atomic E-state index is 12.3. The number of carbonyl (C=O) groups excluding carboxylic acids is 2. The normalized spacial score (nSPS) is 10.5. The Morgan fingerprint density at radius 1 is 1.12 bits per heavy atom. The fraction of sp³-hybridized carbons (Fsp3) is 0.105. The molecule has 6 nitrogen and oxygen atoms in total. The first kappa shape index (κ1) is 17.8. The van der Waals surface area contributed by atoms with Crippen molar-refractivity contribution in [3.05, 3.63) is 70.5 Å². The molecule has 0 fully saturated rings. The fourth-order valence-electron chi connectivity index (χ4n) is 2.45. The van der Waals surface area contributed by atoms with Gasteiger partial charge in [0.15, 0.2) is 6.61 Å². The Morgan fingerprint density at radius 3 is 2.58 bits per heavy atom. The van der Waals surface area contributed by atoms with Gasteiger partial charge in [-0.15, -0.1) is 11.8 Å². The molecule has 3 aromatic rings. The lowest BCUT2D eigenvalue weighted by molar-refractivity contribution is -0.119. The first-order chi connectivity index (χ1) is 12.6. The molecule has 0 spiro atoms. The molecule has 26 heavy (non-hydrogen) atoms. The van der Waals surface area contributed by atoms with Crippen molar-refractivity contribution >= 4 is 40.2 Å². The van der Waals surface area contributed by atoms with Crippen molar-refractivity contribution in [3.8, 4) is 0 Å². The summed E-state index contributed by atoms with van der Waals surface area (Å²) in [4.78, 5) is 39.7. The molecule has 0 saturated carbocycles. The van der Waals surface area contributed by atoms with E-state index in [1.807, 2.05) is 18.4 Å². The molecular formula is C19H16N2O4S. The van der Waals surface area contributed by atoms with E-state index in [2.05, 4.69) is 10.3 Å². The van der Waals surface area contributed by atoms with Crippen LogP contribution in [-0.4, -0.2) is 29.7 Å². The number of aromatic amines is 1. The van der Waals surface area contributed by atoms with Gasteiger partial charge in [0.05, 0.1) is 5.56 Å². The molecule has 0 atom stereocenters. The fourth-order valence-corrected chi connectivity index (χ4v) is 2.86. The van der Waals surface area contributed by atoms with Gasteiger partial charge in [0.1, 0.15) is 0 Å². The Labute approximate surface area is 153 Å². The predicted molar refractivity (Wildman–Crippen MR) is 102 cm³/mol. The number of hydrogen-bond acceptors (Lipinski definition) is 5. The number of thioether (sulfide) groups is 1. The summed E-state index contributed by atoms with van der Waals surface area (Å²) in [7, 11) is 0. The highest BCUT2D eigenvalue weighted by atomic mass is 32.2. The second-order valence-electron chi connectivity index (χ2n) is 5.45.